The van der Waals surface area contributed by atoms with Gasteiger partial charge < -0.3 is 5.32 Å². The Morgan fingerprint density at radius 1 is 1.00 bits per heavy atom. The molecular weight excluding hydrogens is 314 g/mol. The van der Waals surface area contributed by atoms with Crippen molar-refractivity contribution in [3.8, 4) is 0 Å². The lowest BCUT2D eigenvalue weighted by Gasteiger charge is -2.39. The molecule has 4 rings (SSSR count). The zero-order chi connectivity index (χ0) is 17.1. The van der Waals surface area contributed by atoms with Gasteiger partial charge in [0.05, 0.1) is 11.4 Å². The summed E-state index contributed by atoms with van der Waals surface area (Å²) in [5.41, 5.74) is 2.89. The SMILES string of the molecule is O=c1[nH]nc(CN2CCN(C3CCCCCC3)CC2)c2c1CCCN2. The van der Waals surface area contributed by atoms with E-state index in [1.807, 2.05) is 0 Å². The third-order valence-electron chi connectivity index (χ3n) is 6.18. The van der Waals surface area contributed by atoms with E-state index < -0.39 is 0 Å². The topological polar surface area (TPSA) is 64.3 Å². The maximum absolute atomic E-state index is 12.0. The fourth-order valence-electron chi connectivity index (χ4n) is 4.69. The van der Waals surface area contributed by atoms with Crippen molar-refractivity contribution in [2.45, 2.75) is 64.0 Å². The van der Waals surface area contributed by atoms with Crippen LogP contribution in [0, 0.1) is 0 Å². The highest BCUT2D eigenvalue weighted by molar-refractivity contribution is 5.55. The van der Waals surface area contributed by atoms with E-state index in [4.69, 9.17) is 0 Å². The fourth-order valence-corrected chi connectivity index (χ4v) is 4.69. The van der Waals surface area contributed by atoms with Crippen LogP contribution in [0.3, 0.4) is 0 Å². The summed E-state index contributed by atoms with van der Waals surface area (Å²) in [5.74, 6) is 0. The van der Waals surface area contributed by atoms with E-state index in [0.717, 1.165) is 62.0 Å². The van der Waals surface area contributed by atoms with E-state index in [2.05, 4.69) is 25.3 Å². The first-order valence-electron chi connectivity index (χ1n) is 10.1. The van der Waals surface area contributed by atoms with Crippen molar-refractivity contribution in [1.29, 1.82) is 0 Å². The third kappa shape index (κ3) is 3.90. The molecule has 1 saturated heterocycles. The van der Waals surface area contributed by atoms with Gasteiger partial charge in [0, 0.05) is 50.9 Å². The minimum atomic E-state index is -0.0240. The minimum absolute atomic E-state index is 0.0240. The van der Waals surface area contributed by atoms with Gasteiger partial charge in [0.25, 0.3) is 5.56 Å². The predicted molar refractivity (Wildman–Crippen MR) is 100 cm³/mol. The number of fused-ring (bicyclic) bond motifs is 1. The first-order valence-corrected chi connectivity index (χ1v) is 10.1. The van der Waals surface area contributed by atoms with Crippen molar-refractivity contribution in [2.24, 2.45) is 0 Å². The van der Waals surface area contributed by atoms with Crippen molar-refractivity contribution >= 4 is 5.69 Å². The maximum Gasteiger partial charge on any atom is 0.269 e. The van der Waals surface area contributed by atoms with Gasteiger partial charge in [-0.1, -0.05) is 25.7 Å². The molecule has 0 bridgehead atoms. The van der Waals surface area contributed by atoms with Crippen molar-refractivity contribution in [3.63, 3.8) is 0 Å². The highest BCUT2D eigenvalue weighted by Crippen LogP contribution is 2.25. The Labute approximate surface area is 150 Å². The second kappa shape index (κ2) is 7.87. The fraction of sp³-hybridized carbons (Fsp3) is 0.789. The van der Waals surface area contributed by atoms with Crippen LogP contribution in [0.5, 0.6) is 0 Å². The summed E-state index contributed by atoms with van der Waals surface area (Å²) in [5, 5.41) is 10.5. The van der Waals surface area contributed by atoms with Gasteiger partial charge in [0.1, 0.15) is 0 Å². The lowest BCUT2D eigenvalue weighted by Crippen LogP contribution is -2.50. The number of H-pyrrole nitrogens is 1. The molecule has 1 aliphatic carbocycles. The molecule has 3 aliphatic rings. The molecule has 1 saturated carbocycles. The number of rotatable bonds is 3. The second-order valence-corrected chi connectivity index (χ2v) is 7.84. The summed E-state index contributed by atoms with van der Waals surface area (Å²) in [4.78, 5) is 17.2. The molecule has 1 aromatic heterocycles. The molecule has 6 heteroatoms. The van der Waals surface area contributed by atoms with Crippen LogP contribution < -0.4 is 10.9 Å². The molecular formula is C19H31N5O. The van der Waals surface area contributed by atoms with Crippen LogP contribution in [-0.2, 0) is 13.0 Å². The first-order chi connectivity index (χ1) is 12.3. The Morgan fingerprint density at radius 3 is 2.52 bits per heavy atom. The van der Waals surface area contributed by atoms with Gasteiger partial charge in [-0.3, -0.25) is 14.6 Å². The summed E-state index contributed by atoms with van der Waals surface area (Å²) in [6, 6.07) is 0.810. The van der Waals surface area contributed by atoms with Crippen LogP contribution in [0.1, 0.15) is 56.2 Å². The number of piperazine rings is 1. The van der Waals surface area contributed by atoms with Crippen LogP contribution in [0.25, 0.3) is 0 Å². The molecule has 138 valence electrons. The van der Waals surface area contributed by atoms with Crippen LogP contribution in [0.4, 0.5) is 5.69 Å². The van der Waals surface area contributed by atoms with E-state index in [-0.39, 0.29) is 5.56 Å². The normalized spacial score (nSPS) is 23.7. The van der Waals surface area contributed by atoms with Gasteiger partial charge in [0.2, 0.25) is 0 Å². The summed E-state index contributed by atoms with van der Waals surface area (Å²) in [6.07, 6.45) is 10.3. The Morgan fingerprint density at radius 2 is 1.76 bits per heavy atom. The molecule has 0 atom stereocenters. The molecule has 2 fully saturated rings. The predicted octanol–water partition coefficient (Wildman–Crippen LogP) is 1.97. The number of anilines is 1. The average Bonchev–Trinajstić information content (AvgIpc) is 2.94. The summed E-state index contributed by atoms with van der Waals surface area (Å²) >= 11 is 0. The monoisotopic (exact) mass is 345 g/mol. The zero-order valence-electron chi connectivity index (χ0n) is 15.2. The quantitative estimate of drug-likeness (QED) is 0.820. The summed E-state index contributed by atoms with van der Waals surface area (Å²) in [7, 11) is 0. The second-order valence-electron chi connectivity index (χ2n) is 7.84. The standard InChI is InChI=1S/C19H31N5O/c25-19-16-8-5-9-20-18(16)17(21-22-19)14-23-10-12-24(13-11-23)15-6-3-1-2-4-7-15/h15,20H,1-14H2,(H,22,25). The van der Waals surface area contributed by atoms with E-state index in [0.29, 0.717) is 0 Å². The number of aromatic nitrogens is 2. The Bertz CT molecular complexity index is 627. The van der Waals surface area contributed by atoms with E-state index in [1.165, 1.54) is 51.6 Å². The Balaban J connectivity index is 1.37. The first kappa shape index (κ1) is 17.0. The number of nitrogens with zero attached hydrogens (tertiary/aromatic N) is 3. The Kier molecular flexibility index (Phi) is 5.36. The molecule has 0 spiro atoms. The summed E-state index contributed by atoms with van der Waals surface area (Å²) in [6.45, 7) is 6.33. The maximum atomic E-state index is 12.0. The number of aromatic amines is 1. The number of hydrogen-bond acceptors (Lipinski definition) is 5. The summed E-state index contributed by atoms with van der Waals surface area (Å²) < 4.78 is 0. The number of hydrogen-bond donors (Lipinski definition) is 2. The van der Waals surface area contributed by atoms with Crippen molar-refractivity contribution < 1.29 is 0 Å². The lowest BCUT2D eigenvalue weighted by atomic mass is 10.0. The molecule has 1 aromatic rings. The van der Waals surface area contributed by atoms with Crippen LogP contribution in [-0.4, -0.2) is 58.8 Å². The minimum Gasteiger partial charge on any atom is -0.383 e. The van der Waals surface area contributed by atoms with Gasteiger partial charge in [0.15, 0.2) is 0 Å². The number of nitrogens with one attached hydrogen (secondary N) is 2. The van der Waals surface area contributed by atoms with Crippen LogP contribution in [0.15, 0.2) is 4.79 Å². The van der Waals surface area contributed by atoms with Gasteiger partial charge in [-0.05, 0) is 25.7 Å². The van der Waals surface area contributed by atoms with Gasteiger partial charge in [-0.15, -0.1) is 0 Å². The molecule has 2 aliphatic heterocycles. The molecule has 25 heavy (non-hydrogen) atoms. The van der Waals surface area contributed by atoms with Crippen LogP contribution >= 0.6 is 0 Å². The smallest absolute Gasteiger partial charge is 0.269 e. The van der Waals surface area contributed by atoms with Crippen molar-refractivity contribution in [2.75, 3.05) is 38.0 Å². The molecule has 0 unspecified atom stereocenters. The largest absolute Gasteiger partial charge is 0.383 e. The van der Waals surface area contributed by atoms with Gasteiger partial charge in [-0.25, -0.2) is 5.10 Å². The highest BCUT2D eigenvalue weighted by Gasteiger charge is 2.26. The highest BCUT2D eigenvalue weighted by atomic mass is 16.1. The molecule has 6 nitrogen and oxygen atoms in total. The van der Waals surface area contributed by atoms with Crippen LogP contribution in [0.2, 0.25) is 0 Å². The lowest BCUT2D eigenvalue weighted by molar-refractivity contribution is 0.0844. The molecule has 0 amide bonds. The third-order valence-corrected chi connectivity index (χ3v) is 6.18. The molecule has 0 aromatic carbocycles. The van der Waals surface area contributed by atoms with E-state index in [9.17, 15) is 4.79 Å². The zero-order valence-corrected chi connectivity index (χ0v) is 15.2. The Hall–Kier alpha value is -1.40. The molecule has 0 radical (unpaired) electrons. The average molecular weight is 345 g/mol. The van der Waals surface area contributed by atoms with E-state index in [1.54, 1.807) is 0 Å². The molecule has 2 N–H and O–H groups in total. The van der Waals surface area contributed by atoms with E-state index >= 15 is 0 Å². The molecule has 3 heterocycles. The van der Waals surface area contributed by atoms with Gasteiger partial charge in [-0.2, -0.15) is 5.10 Å². The van der Waals surface area contributed by atoms with Crippen molar-refractivity contribution in [3.05, 3.63) is 21.6 Å². The van der Waals surface area contributed by atoms with Crippen molar-refractivity contribution in [1.82, 2.24) is 20.0 Å². The van der Waals surface area contributed by atoms with Gasteiger partial charge >= 0.3 is 0 Å².